The standard InChI is InChI=1S/C24H40N4O3/c1-3-25-24(27(2)11-8-21-9-15-29-16-10-21)26-20-22-6-4-5-7-23(22)31-19-14-28-12-17-30-18-13-28/h4-7,21H,3,8-20H2,1-2H3,(H,25,26). The largest absolute Gasteiger partial charge is 0.492 e. The minimum atomic E-state index is 0.609. The summed E-state index contributed by atoms with van der Waals surface area (Å²) in [6.07, 6.45) is 3.54. The molecule has 0 saturated carbocycles. The van der Waals surface area contributed by atoms with E-state index in [1.54, 1.807) is 0 Å². The van der Waals surface area contributed by atoms with Crippen molar-refractivity contribution >= 4 is 5.96 Å². The van der Waals surface area contributed by atoms with E-state index in [9.17, 15) is 0 Å². The summed E-state index contributed by atoms with van der Waals surface area (Å²) >= 11 is 0. The average Bonchev–Trinajstić information content (AvgIpc) is 2.82. The van der Waals surface area contributed by atoms with Crippen LogP contribution in [0.15, 0.2) is 29.3 Å². The summed E-state index contributed by atoms with van der Waals surface area (Å²) in [6.45, 7) is 11.6. The van der Waals surface area contributed by atoms with E-state index in [4.69, 9.17) is 19.2 Å². The quantitative estimate of drug-likeness (QED) is 0.453. The van der Waals surface area contributed by atoms with Crippen molar-refractivity contribution in [2.45, 2.75) is 32.7 Å². The normalized spacial score (nSPS) is 18.7. The van der Waals surface area contributed by atoms with Crippen molar-refractivity contribution in [3.05, 3.63) is 29.8 Å². The highest BCUT2D eigenvalue weighted by molar-refractivity contribution is 5.79. The number of nitrogens with one attached hydrogen (secondary N) is 1. The molecule has 2 aliphatic rings. The number of hydrogen-bond donors (Lipinski definition) is 1. The summed E-state index contributed by atoms with van der Waals surface area (Å²) < 4.78 is 17.0. The van der Waals surface area contributed by atoms with Gasteiger partial charge in [-0.3, -0.25) is 4.90 Å². The zero-order valence-electron chi connectivity index (χ0n) is 19.4. The number of guanidine groups is 1. The SMILES string of the molecule is CCNC(=NCc1ccccc1OCCN1CCOCC1)N(C)CCC1CCOCC1. The smallest absolute Gasteiger partial charge is 0.193 e. The fourth-order valence-corrected chi connectivity index (χ4v) is 4.03. The Kier molecular flexibility index (Phi) is 10.4. The number of aliphatic imine (C=N–C) groups is 1. The molecule has 0 bridgehead atoms. The molecule has 0 amide bonds. The Morgan fingerprint density at radius 3 is 2.68 bits per heavy atom. The highest BCUT2D eigenvalue weighted by atomic mass is 16.5. The maximum Gasteiger partial charge on any atom is 0.193 e. The minimum Gasteiger partial charge on any atom is -0.492 e. The molecule has 7 nitrogen and oxygen atoms in total. The third-order valence-corrected chi connectivity index (χ3v) is 6.05. The Hall–Kier alpha value is -1.83. The molecule has 1 aromatic rings. The first-order valence-electron chi connectivity index (χ1n) is 11.8. The number of benzene rings is 1. The van der Waals surface area contributed by atoms with Crippen molar-refractivity contribution < 1.29 is 14.2 Å². The van der Waals surface area contributed by atoms with Crippen LogP contribution in [0.3, 0.4) is 0 Å². The van der Waals surface area contributed by atoms with E-state index in [0.29, 0.717) is 13.2 Å². The van der Waals surface area contributed by atoms with Crippen molar-refractivity contribution in [3.8, 4) is 5.75 Å². The van der Waals surface area contributed by atoms with Crippen LogP contribution in [0.2, 0.25) is 0 Å². The van der Waals surface area contributed by atoms with Gasteiger partial charge in [-0.1, -0.05) is 18.2 Å². The number of nitrogens with zero attached hydrogens (tertiary/aromatic N) is 3. The molecule has 1 aromatic carbocycles. The first-order valence-corrected chi connectivity index (χ1v) is 11.8. The molecule has 174 valence electrons. The molecule has 0 radical (unpaired) electrons. The van der Waals surface area contributed by atoms with Gasteiger partial charge in [0.05, 0.1) is 19.8 Å². The third kappa shape index (κ3) is 8.31. The maximum atomic E-state index is 6.12. The highest BCUT2D eigenvalue weighted by Gasteiger charge is 2.16. The molecule has 0 unspecified atom stereocenters. The van der Waals surface area contributed by atoms with Crippen molar-refractivity contribution in [1.29, 1.82) is 0 Å². The Morgan fingerprint density at radius 1 is 1.16 bits per heavy atom. The van der Waals surface area contributed by atoms with Gasteiger partial charge in [-0.15, -0.1) is 0 Å². The van der Waals surface area contributed by atoms with Crippen LogP contribution in [-0.4, -0.2) is 88.6 Å². The van der Waals surface area contributed by atoms with E-state index in [1.807, 2.05) is 12.1 Å². The molecule has 0 aromatic heterocycles. The van der Waals surface area contributed by atoms with Crippen molar-refractivity contribution in [2.24, 2.45) is 10.9 Å². The topological polar surface area (TPSA) is 58.6 Å². The van der Waals surface area contributed by atoms with Crippen molar-refractivity contribution in [1.82, 2.24) is 15.1 Å². The molecule has 3 rings (SSSR count). The first-order chi connectivity index (χ1) is 15.3. The van der Waals surface area contributed by atoms with Gasteiger partial charge in [-0.05, 0) is 38.2 Å². The Labute approximate surface area is 187 Å². The monoisotopic (exact) mass is 432 g/mol. The average molecular weight is 433 g/mol. The van der Waals surface area contributed by atoms with Crippen LogP contribution >= 0.6 is 0 Å². The Balaban J connectivity index is 1.51. The molecule has 2 fully saturated rings. The van der Waals surface area contributed by atoms with E-state index in [0.717, 1.165) is 82.3 Å². The molecular formula is C24H40N4O3. The lowest BCUT2D eigenvalue weighted by Crippen LogP contribution is -2.40. The summed E-state index contributed by atoms with van der Waals surface area (Å²) in [6, 6.07) is 8.25. The molecule has 2 saturated heterocycles. The summed E-state index contributed by atoms with van der Waals surface area (Å²) in [5, 5.41) is 3.44. The van der Waals surface area contributed by atoms with Crippen LogP contribution in [0.4, 0.5) is 0 Å². The molecule has 7 heteroatoms. The van der Waals surface area contributed by atoms with E-state index in [-0.39, 0.29) is 0 Å². The van der Waals surface area contributed by atoms with E-state index in [2.05, 4.69) is 41.2 Å². The minimum absolute atomic E-state index is 0.609. The van der Waals surface area contributed by atoms with Crippen LogP contribution in [0.25, 0.3) is 0 Å². The van der Waals surface area contributed by atoms with Crippen molar-refractivity contribution in [2.75, 3.05) is 72.8 Å². The summed E-state index contributed by atoms with van der Waals surface area (Å²) in [4.78, 5) is 9.55. The number of para-hydroxylation sites is 1. The van der Waals surface area contributed by atoms with Crippen LogP contribution in [0.1, 0.15) is 31.7 Å². The summed E-state index contributed by atoms with van der Waals surface area (Å²) in [5.41, 5.74) is 1.12. The molecule has 2 heterocycles. The van der Waals surface area contributed by atoms with Gasteiger partial charge in [0.2, 0.25) is 0 Å². The zero-order valence-corrected chi connectivity index (χ0v) is 19.4. The molecule has 1 N–H and O–H groups in total. The number of rotatable bonds is 10. The lowest BCUT2D eigenvalue weighted by molar-refractivity contribution is 0.0322. The second-order valence-corrected chi connectivity index (χ2v) is 8.35. The van der Waals surface area contributed by atoms with E-state index in [1.165, 1.54) is 19.3 Å². The summed E-state index contributed by atoms with van der Waals surface area (Å²) in [7, 11) is 2.13. The van der Waals surface area contributed by atoms with Gasteiger partial charge in [-0.2, -0.15) is 0 Å². The number of hydrogen-bond acceptors (Lipinski definition) is 5. The summed E-state index contributed by atoms with van der Waals surface area (Å²) in [5.74, 6) is 2.65. The van der Waals surface area contributed by atoms with Crippen LogP contribution in [0.5, 0.6) is 5.75 Å². The van der Waals surface area contributed by atoms with Gasteiger partial charge >= 0.3 is 0 Å². The molecule has 0 aliphatic carbocycles. The molecule has 0 spiro atoms. The predicted octanol–water partition coefficient (Wildman–Crippen LogP) is 2.61. The van der Waals surface area contributed by atoms with Gasteiger partial charge in [0.15, 0.2) is 5.96 Å². The fourth-order valence-electron chi connectivity index (χ4n) is 4.03. The van der Waals surface area contributed by atoms with Gasteiger partial charge < -0.3 is 24.4 Å². The molecule has 0 atom stereocenters. The number of ether oxygens (including phenoxy) is 3. The number of morpholine rings is 1. The lowest BCUT2D eigenvalue weighted by atomic mass is 9.96. The van der Waals surface area contributed by atoms with Crippen LogP contribution in [-0.2, 0) is 16.0 Å². The second kappa shape index (κ2) is 13.6. The van der Waals surface area contributed by atoms with Gasteiger partial charge in [-0.25, -0.2) is 4.99 Å². The van der Waals surface area contributed by atoms with Gasteiger partial charge in [0.25, 0.3) is 0 Å². The first kappa shape index (κ1) is 23.8. The van der Waals surface area contributed by atoms with Crippen LogP contribution in [0, 0.1) is 5.92 Å². The maximum absolute atomic E-state index is 6.12. The Morgan fingerprint density at radius 2 is 1.90 bits per heavy atom. The fraction of sp³-hybridized carbons (Fsp3) is 0.708. The highest BCUT2D eigenvalue weighted by Crippen LogP contribution is 2.20. The van der Waals surface area contributed by atoms with Gasteiger partial charge in [0, 0.05) is 58.5 Å². The van der Waals surface area contributed by atoms with Crippen LogP contribution < -0.4 is 10.1 Å². The van der Waals surface area contributed by atoms with Crippen molar-refractivity contribution in [3.63, 3.8) is 0 Å². The third-order valence-electron chi connectivity index (χ3n) is 6.05. The predicted molar refractivity (Wildman–Crippen MR) is 125 cm³/mol. The Bertz CT molecular complexity index is 658. The van der Waals surface area contributed by atoms with Gasteiger partial charge in [0.1, 0.15) is 12.4 Å². The van der Waals surface area contributed by atoms with E-state index >= 15 is 0 Å². The lowest BCUT2D eigenvalue weighted by Gasteiger charge is -2.27. The van der Waals surface area contributed by atoms with E-state index < -0.39 is 0 Å². The molecule has 31 heavy (non-hydrogen) atoms. The molecular weight excluding hydrogens is 392 g/mol. The zero-order chi connectivity index (χ0) is 21.7. The second-order valence-electron chi connectivity index (χ2n) is 8.35. The molecule has 2 aliphatic heterocycles.